The van der Waals surface area contributed by atoms with Gasteiger partial charge in [-0.05, 0) is 116 Å². The Balaban J connectivity index is 4.31. The Hall–Kier alpha value is -4.45. The lowest BCUT2D eigenvalue weighted by molar-refractivity contribution is -0.167. The summed E-state index contributed by atoms with van der Waals surface area (Å²) < 4.78 is 16.8. The fourth-order valence-corrected chi connectivity index (χ4v) is 8.12. The quantitative estimate of drug-likeness (QED) is 0.0261. The van der Waals surface area contributed by atoms with Gasteiger partial charge in [0.2, 0.25) is 0 Å². The Labute approximate surface area is 462 Å². The molecular formula is C69H112O6. The van der Waals surface area contributed by atoms with Gasteiger partial charge in [0.15, 0.2) is 6.10 Å². The van der Waals surface area contributed by atoms with E-state index in [0.29, 0.717) is 19.3 Å². The first-order valence-electron chi connectivity index (χ1n) is 30.7. The van der Waals surface area contributed by atoms with E-state index in [0.717, 1.165) is 154 Å². The van der Waals surface area contributed by atoms with Crippen LogP contribution in [0.2, 0.25) is 0 Å². The highest BCUT2D eigenvalue weighted by Gasteiger charge is 2.19. The maximum atomic E-state index is 12.9. The molecule has 0 amide bonds. The average Bonchev–Trinajstić information content (AvgIpc) is 3.41. The van der Waals surface area contributed by atoms with Crippen LogP contribution in [0.4, 0.5) is 0 Å². The highest BCUT2D eigenvalue weighted by molar-refractivity contribution is 5.71. The minimum atomic E-state index is -0.795. The molecule has 0 heterocycles. The Kier molecular flexibility index (Phi) is 58.4. The number of carbonyl (C=O) groups is 3. The molecule has 0 rings (SSSR count). The number of unbranched alkanes of at least 4 members (excludes halogenated alkanes) is 21. The van der Waals surface area contributed by atoms with Gasteiger partial charge in [-0.2, -0.15) is 0 Å². The molecule has 6 nitrogen and oxygen atoms in total. The predicted octanol–water partition coefficient (Wildman–Crippen LogP) is 21.0. The minimum Gasteiger partial charge on any atom is -0.462 e. The molecule has 75 heavy (non-hydrogen) atoms. The van der Waals surface area contributed by atoms with Gasteiger partial charge in [-0.25, -0.2) is 0 Å². The first kappa shape index (κ1) is 70.5. The average molecular weight is 1040 g/mol. The molecule has 6 heteroatoms. The number of hydrogen-bond acceptors (Lipinski definition) is 6. The highest BCUT2D eigenvalue weighted by atomic mass is 16.6. The SMILES string of the molecule is CC/C=C\C/C=C\C/C=C\C/C=C\C/C=C\C/C=C\CCCCCCCCCCC(=O)OCC(COC(=O)CCCCCCCCCCC)OC(=O)CCCCCCC/C=C\C/C=C\C/C=C\C/C=C\C/C=C\CC. The lowest BCUT2D eigenvalue weighted by Crippen LogP contribution is -2.30. The van der Waals surface area contributed by atoms with Gasteiger partial charge in [0.1, 0.15) is 13.2 Å². The Bertz CT molecular complexity index is 1620. The first-order chi connectivity index (χ1) is 37.0. The van der Waals surface area contributed by atoms with Crippen LogP contribution in [0.1, 0.15) is 265 Å². The molecule has 0 N–H and O–H groups in total. The summed E-state index contributed by atoms with van der Waals surface area (Å²) in [5.41, 5.74) is 0. The van der Waals surface area contributed by atoms with Gasteiger partial charge in [0.05, 0.1) is 0 Å². The maximum absolute atomic E-state index is 12.9. The van der Waals surface area contributed by atoms with E-state index in [4.69, 9.17) is 14.2 Å². The van der Waals surface area contributed by atoms with Gasteiger partial charge < -0.3 is 14.2 Å². The molecule has 0 aliphatic heterocycles. The second-order valence-electron chi connectivity index (χ2n) is 19.9. The maximum Gasteiger partial charge on any atom is 0.306 e. The van der Waals surface area contributed by atoms with Gasteiger partial charge in [-0.1, -0.05) is 264 Å². The van der Waals surface area contributed by atoms with Gasteiger partial charge in [-0.3, -0.25) is 14.4 Å². The Morgan fingerprint density at radius 3 is 0.813 bits per heavy atom. The van der Waals surface area contributed by atoms with E-state index in [1.54, 1.807) is 0 Å². The lowest BCUT2D eigenvalue weighted by atomic mass is 10.1. The third kappa shape index (κ3) is 60.3. The molecule has 0 saturated heterocycles. The summed E-state index contributed by atoms with van der Waals surface area (Å²) in [6.45, 7) is 6.37. The van der Waals surface area contributed by atoms with Crippen molar-refractivity contribution >= 4 is 17.9 Å². The molecule has 0 aliphatic rings. The van der Waals surface area contributed by atoms with Crippen molar-refractivity contribution in [2.75, 3.05) is 13.2 Å². The van der Waals surface area contributed by atoms with Crippen molar-refractivity contribution < 1.29 is 28.6 Å². The molecule has 1 unspecified atom stereocenters. The third-order valence-electron chi connectivity index (χ3n) is 12.7. The number of carbonyl (C=O) groups excluding carboxylic acids is 3. The summed E-state index contributed by atoms with van der Waals surface area (Å²) >= 11 is 0. The molecule has 0 radical (unpaired) electrons. The smallest absolute Gasteiger partial charge is 0.306 e. The van der Waals surface area contributed by atoms with Crippen LogP contribution in [0.5, 0.6) is 0 Å². The van der Waals surface area contributed by atoms with Crippen LogP contribution in [-0.2, 0) is 28.6 Å². The number of hydrogen-bond donors (Lipinski definition) is 0. The van der Waals surface area contributed by atoms with Crippen molar-refractivity contribution in [2.45, 2.75) is 271 Å². The molecule has 0 fully saturated rings. The van der Waals surface area contributed by atoms with Crippen LogP contribution in [0, 0.1) is 0 Å². The summed E-state index contributed by atoms with van der Waals surface area (Å²) in [6.07, 6.45) is 87.4. The van der Waals surface area contributed by atoms with Crippen molar-refractivity contribution in [3.63, 3.8) is 0 Å². The molecule has 0 spiro atoms. The van der Waals surface area contributed by atoms with Crippen molar-refractivity contribution in [1.82, 2.24) is 0 Å². The monoisotopic (exact) mass is 1040 g/mol. The largest absolute Gasteiger partial charge is 0.462 e. The van der Waals surface area contributed by atoms with Crippen molar-refractivity contribution in [3.05, 3.63) is 134 Å². The van der Waals surface area contributed by atoms with E-state index < -0.39 is 6.10 Å². The van der Waals surface area contributed by atoms with Crippen LogP contribution in [0.15, 0.2) is 134 Å². The normalized spacial score (nSPS) is 13.1. The second-order valence-corrected chi connectivity index (χ2v) is 19.9. The van der Waals surface area contributed by atoms with Crippen molar-refractivity contribution in [3.8, 4) is 0 Å². The molecule has 424 valence electrons. The Morgan fingerprint density at radius 2 is 0.520 bits per heavy atom. The number of ether oxygens (including phenoxy) is 3. The highest BCUT2D eigenvalue weighted by Crippen LogP contribution is 2.15. The third-order valence-corrected chi connectivity index (χ3v) is 12.7. The molecule has 1 atom stereocenters. The van der Waals surface area contributed by atoms with Gasteiger partial charge >= 0.3 is 17.9 Å². The van der Waals surface area contributed by atoms with Crippen molar-refractivity contribution in [2.24, 2.45) is 0 Å². The van der Waals surface area contributed by atoms with Crippen LogP contribution in [-0.4, -0.2) is 37.2 Å². The fraction of sp³-hybridized carbons (Fsp3) is 0.638. The summed E-state index contributed by atoms with van der Waals surface area (Å²) in [4.78, 5) is 38.2. The standard InChI is InChI=1S/C69H112O6/c1-4-7-10-13-16-19-21-23-25-27-29-31-32-33-34-35-36-38-39-41-43-45-47-50-53-56-59-62-68(71)74-65-66(64-73-67(70)61-58-55-52-49-18-15-12-9-6-3)75-69(72)63-60-57-54-51-48-46-44-42-40-37-30-28-26-24-22-20-17-14-11-8-5-2/h7-8,10-11,16-17,19-20,23-26,29-31,33-34,36-38,42,44,66H,4-6,9,12-15,18,21-22,27-28,32,35,39-41,43,45-65H2,1-3H3/b10-7-,11-8-,19-16-,20-17-,25-23-,26-24-,31-29-,34-33-,37-30-,38-36-,44-42-. The molecule has 0 aliphatic carbocycles. The number of esters is 3. The van der Waals surface area contributed by atoms with Crippen LogP contribution < -0.4 is 0 Å². The van der Waals surface area contributed by atoms with E-state index in [1.807, 2.05) is 0 Å². The number of allylic oxidation sites excluding steroid dienone is 22. The molecule has 0 aromatic heterocycles. The molecule has 0 saturated carbocycles. The van der Waals surface area contributed by atoms with E-state index in [1.165, 1.54) is 70.6 Å². The molecule has 0 aromatic rings. The number of rotatable bonds is 54. The van der Waals surface area contributed by atoms with E-state index >= 15 is 0 Å². The van der Waals surface area contributed by atoms with Crippen molar-refractivity contribution in [1.29, 1.82) is 0 Å². The van der Waals surface area contributed by atoms with E-state index in [2.05, 4.69) is 154 Å². The summed E-state index contributed by atoms with van der Waals surface area (Å²) in [5, 5.41) is 0. The molecular weight excluding hydrogens is 925 g/mol. The Morgan fingerprint density at radius 1 is 0.280 bits per heavy atom. The lowest BCUT2D eigenvalue weighted by Gasteiger charge is -2.18. The van der Waals surface area contributed by atoms with Crippen LogP contribution >= 0.6 is 0 Å². The first-order valence-corrected chi connectivity index (χ1v) is 30.7. The zero-order chi connectivity index (χ0) is 54.3. The summed E-state index contributed by atoms with van der Waals surface area (Å²) in [7, 11) is 0. The van der Waals surface area contributed by atoms with E-state index in [-0.39, 0.29) is 31.1 Å². The fourth-order valence-electron chi connectivity index (χ4n) is 8.12. The summed E-state index contributed by atoms with van der Waals surface area (Å²) in [6, 6.07) is 0. The molecule has 0 aromatic carbocycles. The zero-order valence-electron chi connectivity index (χ0n) is 48.5. The topological polar surface area (TPSA) is 78.9 Å². The predicted molar refractivity (Wildman–Crippen MR) is 325 cm³/mol. The second kappa shape index (κ2) is 62.1. The summed E-state index contributed by atoms with van der Waals surface area (Å²) in [5.74, 6) is -0.922. The van der Waals surface area contributed by atoms with Crippen LogP contribution in [0.3, 0.4) is 0 Å². The minimum absolute atomic E-state index is 0.0908. The zero-order valence-corrected chi connectivity index (χ0v) is 48.5. The van der Waals surface area contributed by atoms with Gasteiger partial charge in [0.25, 0.3) is 0 Å². The molecule has 0 bridgehead atoms. The van der Waals surface area contributed by atoms with Gasteiger partial charge in [0, 0.05) is 19.3 Å². The van der Waals surface area contributed by atoms with E-state index in [9.17, 15) is 14.4 Å². The van der Waals surface area contributed by atoms with Crippen LogP contribution in [0.25, 0.3) is 0 Å². The van der Waals surface area contributed by atoms with Gasteiger partial charge in [-0.15, -0.1) is 0 Å².